The van der Waals surface area contributed by atoms with Crippen molar-refractivity contribution in [3.8, 4) is 0 Å². The number of hydrogen-bond donors (Lipinski definition) is 1. The van der Waals surface area contributed by atoms with E-state index in [-0.39, 0.29) is 18.0 Å². The summed E-state index contributed by atoms with van der Waals surface area (Å²) >= 11 is 0. The molecule has 0 aromatic heterocycles. The molecule has 0 aromatic rings. The summed E-state index contributed by atoms with van der Waals surface area (Å²) in [4.78, 5) is 10.3. The zero-order valence-electron chi connectivity index (χ0n) is 7.33. The lowest BCUT2D eigenvalue weighted by Crippen LogP contribution is -2.14. The largest absolute Gasteiger partial charge is 0.466 e. The van der Waals surface area contributed by atoms with Crippen molar-refractivity contribution < 1.29 is 14.6 Å². The van der Waals surface area contributed by atoms with Gasteiger partial charge in [-0.2, -0.15) is 0 Å². The van der Waals surface area contributed by atoms with Crippen LogP contribution in [0.3, 0.4) is 0 Å². The fourth-order valence-corrected chi connectivity index (χ4v) is 0.910. The zero-order chi connectivity index (χ0) is 8.85. The van der Waals surface area contributed by atoms with Crippen molar-refractivity contribution in [2.75, 3.05) is 6.61 Å². The Kier molecular flexibility index (Phi) is 4.86. The molecule has 2 atom stereocenters. The Balaban J connectivity index is 3.37. The van der Waals surface area contributed by atoms with Crippen LogP contribution >= 0.6 is 0 Å². The maximum absolute atomic E-state index is 10.3. The highest BCUT2D eigenvalue weighted by molar-refractivity contribution is 5.65. The van der Waals surface area contributed by atoms with Crippen LogP contribution in [0.15, 0.2) is 0 Å². The average molecular weight is 160 g/mol. The molecule has 3 heteroatoms. The van der Waals surface area contributed by atoms with E-state index in [1.54, 1.807) is 6.92 Å². The van der Waals surface area contributed by atoms with Gasteiger partial charge >= 0.3 is 5.97 Å². The van der Waals surface area contributed by atoms with E-state index in [1.807, 2.05) is 6.92 Å². The third kappa shape index (κ3) is 7.33. The molecule has 0 aliphatic heterocycles. The Morgan fingerprint density at radius 3 is 2.45 bits per heavy atom. The molecule has 0 aliphatic rings. The Morgan fingerprint density at radius 2 is 2.09 bits per heavy atom. The molecule has 0 saturated heterocycles. The molecular formula is C8H16O3. The van der Waals surface area contributed by atoms with Crippen molar-refractivity contribution >= 4 is 5.97 Å². The summed E-state index contributed by atoms with van der Waals surface area (Å²) in [7, 11) is 0. The minimum Gasteiger partial charge on any atom is -0.466 e. The maximum Gasteiger partial charge on any atom is 0.302 e. The second-order valence-electron chi connectivity index (χ2n) is 2.99. The van der Waals surface area contributed by atoms with Gasteiger partial charge in [0.05, 0.1) is 12.7 Å². The van der Waals surface area contributed by atoms with Gasteiger partial charge < -0.3 is 9.84 Å². The van der Waals surface area contributed by atoms with Crippen molar-refractivity contribution in [2.45, 2.75) is 33.3 Å². The normalized spacial score (nSPS) is 15.6. The molecule has 2 unspecified atom stereocenters. The van der Waals surface area contributed by atoms with Crippen molar-refractivity contribution in [3.63, 3.8) is 0 Å². The third-order valence-electron chi connectivity index (χ3n) is 1.31. The molecule has 1 N–H and O–H groups in total. The van der Waals surface area contributed by atoms with E-state index in [1.165, 1.54) is 6.92 Å². The average Bonchev–Trinajstić information content (AvgIpc) is 1.82. The summed E-state index contributed by atoms with van der Waals surface area (Å²) in [5, 5.41) is 8.95. The van der Waals surface area contributed by atoms with Crippen LogP contribution in [0.5, 0.6) is 0 Å². The number of carbonyl (C=O) groups excluding carboxylic acids is 1. The minimum absolute atomic E-state index is 0.235. The van der Waals surface area contributed by atoms with Gasteiger partial charge in [-0.3, -0.25) is 4.79 Å². The fourth-order valence-electron chi connectivity index (χ4n) is 0.910. The molecule has 0 saturated carbocycles. The van der Waals surface area contributed by atoms with Crippen LogP contribution in [-0.2, 0) is 9.53 Å². The first-order valence-corrected chi connectivity index (χ1v) is 3.83. The smallest absolute Gasteiger partial charge is 0.302 e. The lowest BCUT2D eigenvalue weighted by molar-refractivity contribution is -0.142. The predicted molar refractivity (Wildman–Crippen MR) is 42.1 cm³/mol. The highest BCUT2D eigenvalue weighted by Gasteiger charge is 2.06. The number of rotatable bonds is 4. The topological polar surface area (TPSA) is 46.5 Å². The van der Waals surface area contributed by atoms with Crippen LogP contribution in [0.25, 0.3) is 0 Å². The number of aliphatic hydroxyl groups excluding tert-OH is 1. The molecule has 66 valence electrons. The predicted octanol–water partition coefficient (Wildman–Crippen LogP) is 0.956. The van der Waals surface area contributed by atoms with Crippen LogP contribution in [0.2, 0.25) is 0 Å². The van der Waals surface area contributed by atoms with Gasteiger partial charge in [-0.15, -0.1) is 0 Å². The van der Waals surface area contributed by atoms with E-state index >= 15 is 0 Å². The summed E-state index contributed by atoms with van der Waals surface area (Å²) < 4.78 is 4.75. The van der Waals surface area contributed by atoms with Crippen molar-refractivity contribution in [1.82, 2.24) is 0 Å². The van der Waals surface area contributed by atoms with Crippen LogP contribution in [0.4, 0.5) is 0 Å². The molecule has 0 fully saturated rings. The van der Waals surface area contributed by atoms with Gasteiger partial charge in [-0.05, 0) is 19.3 Å². The van der Waals surface area contributed by atoms with E-state index in [4.69, 9.17) is 9.84 Å². The minimum atomic E-state index is -0.319. The van der Waals surface area contributed by atoms with Crippen molar-refractivity contribution in [1.29, 1.82) is 0 Å². The third-order valence-corrected chi connectivity index (χ3v) is 1.31. The molecule has 0 spiro atoms. The van der Waals surface area contributed by atoms with Crippen LogP contribution < -0.4 is 0 Å². The Bertz CT molecular complexity index is 121. The molecule has 0 aromatic carbocycles. The molecule has 0 amide bonds. The highest BCUT2D eigenvalue weighted by Crippen LogP contribution is 2.05. The van der Waals surface area contributed by atoms with Gasteiger partial charge in [0.15, 0.2) is 0 Å². The molecule has 11 heavy (non-hydrogen) atoms. The fraction of sp³-hybridized carbons (Fsp3) is 0.875. The van der Waals surface area contributed by atoms with Gasteiger partial charge in [0, 0.05) is 6.92 Å². The Morgan fingerprint density at radius 1 is 1.55 bits per heavy atom. The van der Waals surface area contributed by atoms with Gasteiger partial charge in [0.2, 0.25) is 0 Å². The Hall–Kier alpha value is -0.570. The lowest BCUT2D eigenvalue weighted by atomic mass is 10.1. The number of aliphatic hydroxyl groups is 1. The van der Waals surface area contributed by atoms with E-state index in [0.29, 0.717) is 13.0 Å². The summed E-state index contributed by atoms with van der Waals surface area (Å²) in [6.07, 6.45) is 0.355. The zero-order valence-corrected chi connectivity index (χ0v) is 7.33. The van der Waals surface area contributed by atoms with Gasteiger partial charge in [0.1, 0.15) is 0 Å². The van der Waals surface area contributed by atoms with Gasteiger partial charge in [-0.1, -0.05) is 6.92 Å². The van der Waals surface area contributed by atoms with Gasteiger partial charge in [-0.25, -0.2) is 0 Å². The molecular weight excluding hydrogens is 144 g/mol. The number of esters is 1. The van der Waals surface area contributed by atoms with Crippen LogP contribution in [-0.4, -0.2) is 23.8 Å². The molecule has 3 nitrogen and oxygen atoms in total. The molecule has 0 bridgehead atoms. The van der Waals surface area contributed by atoms with E-state index in [0.717, 1.165) is 0 Å². The first-order chi connectivity index (χ1) is 5.02. The van der Waals surface area contributed by atoms with E-state index in [2.05, 4.69) is 0 Å². The van der Waals surface area contributed by atoms with Crippen LogP contribution in [0.1, 0.15) is 27.2 Å². The second kappa shape index (κ2) is 5.13. The standard InChI is InChI=1S/C8H16O3/c1-6(4-7(2)9)5-11-8(3)10/h6-7,9H,4-5H2,1-3H3. The first-order valence-electron chi connectivity index (χ1n) is 3.83. The second-order valence-corrected chi connectivity index (χ2v) is 2.99. The summed E-state index contributed by atoms with van der Waals surface area (Å²) in [6.45, 7) is 5.45. The lowest BCUT2D eigenvalue weighted by Gasteiger charge is -2.12. The highest BCUT2D eigenvalue weighted by atomic mass is 16.5. The summed E-state index contributed by atoms with van der Waals surface area (Å²) in [6, 6.07) is 0. The first kappa shape index (κ1) is 10.4. The number of carbonyl (C=O) groups is 1. The van der Waals surface area contributed by atoms with Gasteiger partial charge in [0.25, 0.3) is 0 Å². The Labute approximate surface area is 67.4 Å². The van der Waals surface area contributed by atoms with E-state index in [9.17, 15) is 4.79 Å². The van der Waals surface area contributed by atoms with E-state index < -0.39 is 0 Å². The van der Waals surface area contributed by atoms with Crippen LogP contribution in [0, 0.1) is 5.92 Å². The summed E-state index contributed by atoms with van der Waals surface area (Å²) in [5.41, 5.74) is 0. The maximum atomic E-state index is 10.3. The molecule has 0 heterocycles. The molecule has 0 aliphatic carbocycles. The summed E-state index contributed by atoms with van der Waals surface area (Å²) in [5.74, 6) is -0.0265. The molecule has 0 rings (SSSR count). The quantitative estimate of drug-likeness (QED) is 0.623. The SMILES string of the molecule is CC(=O)OCC(C)CC(C)O. The number of hydrogen-bond acceptors (Lipinski definition) is 3. The van der Waals surface area contributed by atoms with Crippen molar-refractivity contribution in [2.24, 2.45) is 5.92 Å². The van der Waals surface area contributed by atoms with Crippen molar-refractivity contribution in [3.05, 3.63) is 0 Å². The molecule has 0 radical (unpaired) electrons. The monoisotopic (exact) mass is 160 g/mol. The number of ether oxygens (including phenoxy) is 1.